The van der Waals surface area contributed by atoms with Crippen LogP contribution < -0.4 is 15.5 Å². The Labute approximate surface area is 151 Å². The van der Waals surface area contributed by atoms with Gasteiger partial charge in [0.2, 0.25) is 5.91 Å². The minimum absolute atomic E-state index is 0.0207. The molecule has 26 heavy (non-hydrogen) atoms. The first-order chi connectivity index (χ1) is 12.4. The van der Waals surface area contributed by atoms with Crippen molar-refractivity contribution < 1.29 is 28.4 Å². The van der Waals surface area contributed by atoms with E-state index in [-0.39, 0.29) is 31.4 Å². The van der Waals surface area contributed by atoms with Crippen LogP contribution in [0.5, 0.6) is 0 Å². The van der Waals surface area contributed by atoms with Crippen LogP contribution in [0.2, 0.25) is 0 Å². The molecule has 1 aliphatic rings. The van der Waals surface area contributed by atoms with E-state index in [0.29, 0.717) is 32.0 Å². The smallest absolute Gasteiger partial charge is 0.277 e. The molecule has 1 aliphatic heterocycles. The van der Waals surface area contributed by atoms with Crippen molar-refractivity contribution >= 4 is 23.4 Å². The molecule has 9 heteroatoms. The summed E-state index contributed by atoms with van der Waals surface area (Å²) >= 11 is 0. The van der Waals surface area contributed by atoms with Gasteiger partial charge in [0, 0.05) is 18.8 Å². The van der Waals surface area contributed by atoms with Crippen molar-refractivity contribution in [2.45, 2.75) is 0 Å². The molecule has 1 heterocycles. The van der Waals surface area contributed by atoms with Crippen LogP contribution in [-0.2, 0) is 19.1 Å². The number of hydrogen-bond donors (Lipinski definition) is 3. The van der Waals surface area contributed by atoms with Crippen LogP contribution >= 0.6 is 0 Å². The molecule has 0 aromatic heterocycles. The first kappa shape index (κ1) is 19.8. The van der Waals surface area contributed by atoms with Crippen molar-refractivity contribution in [1.29, 1.82) is 0 Å². The molecule has 8 nitrogen and oxygen atoms in total. The maximum atomic E-state index is 12.8. The first-order valence-corrected chi connectivity index (χ1v) is 8.43. The Balaban J connectivity index is 1.66. The number of carbonyl (C=O) groups is 3. The largest absolute Gasteiger partial charge is 0.378 e. The minimum atomic E-state index is -0.410. The third-order valence-electron chi connectivity index (χ3n) is 3.85. The highest BCUT2D eigenvalue weighted by Gasteiger charge is 2.21. The number of rotatable bonds is 7. The van der Waals surface area contributed by atoms with Crippen molar-refractivity contribution in [1.82, 2.24) is 10.2 Å². The van der Waals surface area contributed by atoms with Gasteiger partial charge in [-0.2, -0.15) is 0 Å². The number of benzene rings is 1. The van der Waals surface area contributed by atoms with Gasteiger partial charge in [-0.05, 0) is 24.3 Å². The van der Waals surface area contributed by atoms with Gasteiger partial charge in [-0.3, -0.25) is 14.4 Å². The molecule has 1 atom stereocenters. The predicted molar refractivity (Wildman–Crippen MR) is 92.1 cm³/mol. The summed E-state index contributed by atoms with van der Waals surface area (Å²) < 4.78 is 18.0. The van der Waals surface area contributed by atoms with E-state index in [1.165, 1.54) is 24.3 Å². The number of anilines is 1. The molecule has 0 spiro atoms. The van der Waals surface area contributed by atoms with E-state index in [0.717, 1.165) is 4.90 Å². The van der Waals surface area contributed by atoms with Gasteiger partial charge in [0.05, 0.1) is 26.8 Å². The lowest BCUT2D eigenvalue weighted by Gasteiger charge is -2.27. The molecule has 3 N–H and O–H groups in total. The highest BCUT2D eigenvalue weighted by atomic mass is 19.1. The highest BCUT2D eigenvalue weighted by Crippen LogP contribution is 2.07. The van der Waals surface area contributed by atoms with Crippen LogP contribution in [-0.4, -0.2) is 75.6 Å². The molecule has 0 aliphatic carbocycles. The zero-order chi connectivity index (χ0) is 18.9. The number of ether oxygens (including phenoxy) is 1. The summed E-state index contributed by atoms with van der Waals surface area (Å²) in [6.07, 6.45) is 0. The number of carbonyl (C=O) groups excluding carboxylic acids is 3. The first-order valence-electron chi connectivity index (χ1n) is 8.43. The van der Waals surface area contributed by atoms with Gasteiger partial charge in [-0.1, -0.05) is 0 Å². The lowest BCUT2D eigenvalue weighted by atomic mass is 10.3. The SMILES string of the molecule is C[NH+](CC(=O)NCC(=O)Nc1ccc(F)cc1)CC(=O)N1CCOCC1. The summed E-state index contributed by atoms with van der Waals surface area (Å²) in [4.78, 5) is 38.2. The summed E-state index contributed by atoms with van der Waals surface area (Å²) in [5.41, 5.74) is 0.449. The van der Waals surface area contributed by atoms with E-state index in [1.807, 2.05) is 0 Å². The molecule has 3 amide bonds. The number of amides is 3. The van der Waals surface area contributed by atoms with Crippen LogP contribution in [0.25, 0.3) is 0 Å². The Morgan fingerprint density at radius 3 is 2.42 bits per heavy atom. The minimum Gasteiger partial charge on any atom is -0.378 e. The zero-order valence-electron chi connectivity index (χ0n) is 14.7. The molecular formula is C17H24FN4O4+. The van der Waals surface area contributed by atoms with Gasteiger partial charge in [-0.25, -0.2) is 4.39 Å². The summed E-state index contributed by atoms with van der Waals surface area (Å²) in [5.74, 6) is -1.15. The third-order valence-corrected chi connectivity index (χ3v) is 3.85. The number of hydrogen-bond acceptors (Lipinski definition) is 4. The molecule has 2 rings (SSSR count). The highest BCUT2D eigenvalue weighted by molar-refractivity contribution is 5.94. The van der Waals surface area contributed by atoms with Gasteiger partial charge < -0.3 is 25.2 Å². The standard InChI is InChI=1S/C17H23FN4O4/c1-21(12-17(25)22-6-8-26-9-7-22)11-16(24)19-10-15(23)20-14-4-2-13(18)3-5-14/h2-5H,6-12H2,1H3,(H,19,24)(H,20,23)/p+1. The van der Waals surface area contributed by atoms with E-state index >= 15 is 0 Å². The summed E-state index contributed by atoms with van der Waals surface area (Å²) in [6.45, 7) is 2.31. The van der Waals surface area contributed by atoms with Crippen molar-refractivity contribution in [2.75, 3.05) is 58.3 Å². The Morgan fingerprint density at radius 2 is 1.77 bits per heavy atom. The second-order valence-electron chi connectivity index (χ2n) is 6.14. The fraction of sp³-hybridized carbons (Fsp3) is 0.471. The average Bonchev–Trinajstić information content (AvgIpc) is 2.62. The zero-order valence-corrected chi connectivity index (χ0v) is 14.7. The Hall–Kier alpha value is -2.52. The lowest BCUT2D eigenvalue weighted by Crippen LogP contribution is -3.11. The molecule has 1 aromatic carbocycles. The number of nitrogens with one attached hydrogen (secondary N) is 3. The van der Waals surface area contributed by atoms with Crippen LogP contribution in [0, 0.1) is 5.82 Å². The van der Waals surface area contributed by atoms with E-state index in [4.69, 9.17) is 4.74 Å². The van der Waals surface area contributed by atoms with Crippen molar-refractivity contribution in [3.8, 4) is 0 Å². The lowest BCUT2D eigenvalue weighted by molar-refractivity contribution is -0.863. The topological polar surface area (TPSA) is 92.2 Å². The van der Waals surface area contributed by atoms with Crippen LogP contribution in [0.1, 0.15) is 0 Å². The molecule has 142 valence electrons. The van der Waals surface area contributed by atoms with Crippen LogP contribution in [0.15, 0.2) is 24.3 Å². The monoisotopic (exact) mass is 367 g/mol. The number of nitrogens with zero attached hydrogens (tertiary/aromatic N) is 1. The fourth-order valence-electron chi connectivity index (χ4n) is 2.50. The van der Waals surface area contributed by atoms with Gasteiger partial charge in [0.1, 0.15) is 5.82 Å². The maximum absolute atomic E-state index is 12.8. The van der Waals surface area contributed by atoms with Gasteiger partial charge >= 0.3 is 0 Å². The van der Waals surface area contributed by atoms with Gasteiger partial charge in [-0.15, -0.1) is 0 Å². The molecule has 0 bridgehead atoms. The molecule has 0 saturated carbocycles. The Kier molecular flexibility index (Phi) is 7.49. The normalized spacial score (nSPS) is 15.2. The average molecular weight is 367 g/mol. The molecule has 0 radical (unpaired) electrons. The van der Waals surface area contributed by atoms with E-state index in [2.05, 4.69) is 10.6 Å². The second-order valence-corrected chi connectivity index (χ2v) is 6.14. The Morgan fingerprint density at radius 1 is 1.12 bits per heavy atom. The molecular weight excluding hydrogens is 343 g/mol. The van der Waals surface area contributed by atoms with E-state index in [1.54, 1.807) is 11.9 Å². The molecule has 1 saturated heterocycles. The van der Waals surface area contributed by atoms with Crippen LogP contribution in [0.4, 0.5) is 10.1 Å². The molecule has 1 unspecified atom stereocenters. The number of likely N-dealkylation sites (N-methyl/N-ethyl adjacent to an activating group) is 1. The molecule has 1 aromatic rings. The maximum Gasteiger partial charge on any atom is 0.277 e. The summed E-state index contributed by atoms with van der Waals surface area (Å²) in [5, 5.41) is 5.06. The third kappa shape index (κ3) is 6.77. The van der Waals surface area contributed by atoms with Crippen molar-refractivity contribution in [3.63, 3.8) is 0 Å². The van der Waals surface area contributed by atoms with Gasteiger partial charge in [0.15, 0.2) is 13.1 Å². The summed E-state index contributed by atoms with van der Waals surface area (Å²) in [6, 6.07) is 5.34. The predicted octanol–water partition coefficient (Wildman–Crippen LogP) is -1.75. The number of morpholine rings is 1. The van der Waals surface area contributed by atoms with Crippen LogP contribution in [0.3, 0.4) is 0 Å². The number of halogens is 1. The van der Waals surface area contributed by atoms with E-state index in [9.17, 15) is 18.8 Å². The van der Waals surface area contributed by atoms with Crippen molar-refractivity contribution in [3.05, 3.63) is 30.1 Å². The quantitative estimate of drug-likeness (QED) is 0.533. The fourth-order valence-corrected chi connectivity index (χ4v) is 2.50. The van der Waals surface area contributed by atoms with Crippen molar-refractivity contribution in [2.24, 2.45) is 0 Å². The van der Waals surface area contributed by atoms with E-state index < -0.39 is 11.7 Å². The Bertz CT molecular complexity index is 632. The molecule has 1 fully saturated rings. The number of quaternary nitrogens is 1. The summed E-state index contributed by atoms with van der Waals surface area (Å²) in [7, 11) is 1.75. The van der Waals surface area contributed by atoms with Gasteiger partial charge in [0.25, 0.3) is 11.8 Å². The second kappa shape index (κ2) is 9.83.